The number of hydrogen-bond donors (Lipinski definition) is 0. The quantitative estimate of drug-likeness (QED) is 0.425. The molecule has 4 atom stereocenters. The number of ether oxygens (including phenoxy) is 2. The lowest BCUT2D eigenvalue weighted by Crippen LogP contribution is -2.67. The van der Waals surface area contributed by atoms with E-state index in [0.717, 1.165) is 6.26 Å². The first-order valence-corrected chi connectivity index (χ1v) is 15.5. The van der Waals surface area contributed by atoms with Crippen molar-refractivity contribution in [3.8, 4) is 0 Å². The van der Waals surface area contributed by atoms with Crippen molar-refractivity contribution < 1.29 is 26.5 Å². The second-order valence-electron chi connectivity index (χ2n) is 10.9. The van der Waals surface area contributed by atoms with Gasteiger partial charge in [-0.25, -0.2) is 0 Å². The molecule has 1 saturated carbocycles. The van der Waals surface area contributed by atoms with Crippen molar-refractivity contribution >= 4 is 28.8 Å². The normalized spacial score (nSPS) is 27.0. The minimum absolute atomic E-state index is 0.0554. The Balaban J connectivity index is 1.69. The summed E-state index contributed by atoms with van der Waals surface area (Å²) < 4.78 is 48.7. The highest BCUT2D eigenvalue weighted by molar-refractivity contribution is 7.86. The second-order valence-corrected chi connectivity index (χ2v) is 16.8. The van der Waals surface area contributed by atoms with Crippen LogP contribution in [0.1, 0.15) is 41.0 Å². The Morgan fingerprint density at radius 2 is 1.44 bits per heavy atom. The number of benzene rings is 2. The fourth-order valence-electron chi connectivity index (χ4n) is 5.51. The van der Waals surface area contributed by atoms with E-state index in [2.05, 4.69) is 69.3 Å². The highest BCUT2D eigenvalue weighted by Crippen LogP contribution is 2.44. The molecule has 8 heteroatoms. The Hall–Kier alpha value is -1.55. The zero-order valence-electron chi connectivity index (χ0n) is 20.9. The third-order valence-electron chi connectivity index (χ3n) is 6.76. The van der Waals surface area contributed by atoms with E-state index in [0.29, 0.717) is 13.0 Å². The second kappa shape index (κ2) is 9.15. The largest absolute Gasteiger partial charge is 0.407 e. The molecule has 0 radical (unpaired) electrons. The molecule has 6 nitrogen and oxygen atoms in total. The van der Waals surface area contributed by atoms with Crippen LogP contribution in [0.15, 0.2) is 60.7 Å². The van der Waals surface area contributed by atoms with Gasteiger partial charge in [-0.1, -0.05) is 81.4 Å². The van der Waals surface area contributed by atoms with Crippen LogP contribution in [-0.4, -0.2) is 53.7 Å². The molecule has 1 heterocycles. The van der Waals surface area contributed by atoms with Gasteiger partial charge in [0.25, 0.3) is 18.4 Å². The standard InChI is InChI=1S/C26H36O6SSi/c1-25(2,3)34(20-13-9-7-10-14-20,21-15-11-8-12-16-21)29-18-19-17-22(32-33(6,27)28)24-23(19)30-26(4,5)31-24/h7-16,19,22-24H,17-18H2,1-6H3/t19-,22-,23+,24-/m0/s1. The summed E-state index contributed by atoms with van der Waals surface area (Å²) in [7, 11) is -6.35. The summed E-state index contributed by atoms with van der Waals surface area (Å²) in [5, 5.41) is 2.26. The van der Waals surface area contributed by atoms with E-state index in [-0.39, 0.29) is 17.1 Å². The average Bonchev–Trinajstić information content (AvgIpc) is 3.21. The molecule has 4 rings (SSSR count). The lowest BCUT2D eigenvalue weighted by Gasteiger charge is -2.43. The predicted octanol–water partition coefficient (Wildman–Crippen LogP) is 3.45. The molecule has 0 unspecified atom stereocenters. The zero-order valence-corrected chi connectivity index (χ0v) is 22.7. The van der Waals surface area contributed by atoms with Crippen LogP contribution in [0.2, 0.25) is 5.04 Å². The molecule has 0 spiro atoms. The van der Waals surface area contributed by atoms with E-state index < -0.39 is 36.4 Å². The molecule has 1 saturated heterocycles. The lowest BCUT2D eigenvalue weighted by molar-refractivity contribution is -0.165. The molecule has 1 aliphatic carbocycles. The molecule has 186 valence electrons. The van der Waals surface area contributed by atoms with Crippen LogP contribution >= 0.6 is 0 Å². The molecular formula is C26H36O6SSi. The molecular weight excluding hydrogens is 468 g/mol. The van der Waals surface area contributed by atoms with E-state index >= 15 is 0 Å². The highest BCUT2D eigenvalue weighted by atomic mass is 32.2. The molecule has 0 aromatic heterocycles. The monoisotopic (exact) mass is 504 g/mol. The van der Waals surface area contributed by atoms with Crippen LogP contribution in [0.4, 0.5) is 0 Å². The van der Waals surface area contributed by atoms with Crippen LogP contribution in [-0.2, 0) is 28.2 Å². The predicted molar refractivity (Wildman–Crippen MR) is 135 cm³/mol. The van der Waals surface area contributed by atoms with Crippen molar-refractivity contribution in [1.82, 2.24) is 0 Å². The third kappa shape index (κ3) is 5.03. The van der Waals surface area contributed by atoms with E-state index in [1.54, 1.807) is 0 Å². The summed E-state index contributed by atoms with van der Waals surface area (Å²) in [6, 6.07) is 20.9. The average molecular weight is 505 g/mol. The molecule has 2 aromatic rings. The van der Waals surface area contributed by atoms with Crippen LogP contribution in [0.3, 0.4) is 0 Å². The number of hydrogen-bond acceptors (Lipinski definition) is 6. The van der Waals surface area contributed by atoms with E-state index in [1.807, 2.05) is 26.0 Å². The molecule has 2 aromatic carbocycles. The Kier molecular flexibility index (Phi) is 6.87. The van der Waals surface area contributed by atoms with Crippen molar-refractivity contribution in [3.63, 3.8) is 0 Å². The molecule has 2 fully saturated rings. The van der Waals surface area contributed by atoms with Crippen molar-refractivity contribution in [2.45, 2.75) is 70.2 Å². The van der Waals surface area contributed by atoms with Gasteiger partial charge in [0.15, 0.2) is 5.79 Å². The van der Waals surface area contributed by atoms with Crippen LogP contribution in [0.25, 0.3) is 0 Å². The van der Waals surface area contributed by atoms with Gasteiger partial charge in [-0.05, 0) is 35.7 Å². The number of fused-ring (bicyclic) bond motifs is 1. The summed E-state index contributed by atoms with van der Waals surface area (Å²) in [6.07, 6.45) is 0.248. The first-order chi connectivity index (χ1) is 15.8. The molecule has 0 bridgehead atoms. The Morgan fingerprint density at radius 1 is 0.941 bits per heavy atom. The minimum atomic E-state index is -3.63. The van der Waals surface area contributed by atoms with Crippen molar-refractivity contribution in [3.05, 3.63) is 60.7 Å². The Labute approximate surface area is 204 Å². The van der Waals surface area contributed by atoms with Gasteiger partial charge in [-0.15, -0.1) is 0 Å². The minimum Gasteiger partial charge on any atom is -0.407 e. The first kappa shape index (κ1) is 25.5. The topological polar surface area (TPSA) is 71.1 Å². The van der Waals surface area contributed by atoms with Crippen LogP contribution in [0.5, 0.6) is 0 Å². The van der Waals surface area contributed by atoms with Gasteiger partial charge < -0.3 is 13.9 Å². The molecule has 2 aliphatic rings. The lowest BCUT2D eigenvalue weighted by atomic mass is 10.1. The Morgan fingerprint density at radius 3 is 1.91 bits per heavy atom. The van der Waals surface area contributed by atoms with Gasteiger partial charge in [0.2, 0.25) is 0 Å². The van der Waals surface area contributed by atoms with E-state index in [4.69, 9.17) is 18.1 Å². The van der Waals surface area contributed by atoms with E-state index in [1.165, 1.54) is 10.4 Å². The molecule has 0 amide bonds. The van der Waals surface area contributed by atoms with Gasteiger partial charge >= 0.3 is 0 Å². The Bertz CT molecular complexity index is 1040. The van der Waals surface area contributed by atoms with Gasteiger partial charge in [-0.2, -0.15) is 8.42 Å². The fourth-order valence-corrected chi connectivity index (χ4v) is 10.8. The van der Waals surface area contributed by atoms with Crippen LogP contribution in [0, 0.1) is 5.92 Å². The van der Waals surface area contributed by atoms with Crippen molar-refractivity contribution in [2.75, 3.05) is 12.9 Å². The first-order valence-electron chi connectivity index (χ1n) is 11.8. The summed E-state index contributed by atoms with van der Waals surface area (Å²) in [4.78, 5) is 0. The molecule has 0 N–H and O–H groups in total. The summed E-state index contributed by atoms with van der Waals surface area (Å²) in [5.74, 6) is -0.856. The van der Waals surface area contributed by atoms with Crippen molar-refractivity contribution in [2.24, 2.45) is 5.92 Å². The van der Waals surface area contributed by atoms with Crippen LogP contribution < -0.4 is 10.4 Å². The third-order valence-corrected chi connectivity index (χ3v) is 12.4. The summed E-state index contributed by atoms with van der Waals surface area (Å²) in [5.41, 5.74) is 0. The van der Waals surface area contributed by atoms with Gasteiger partial charge in [-0.3, -0.25) is 4.18 Å². The maximum absolute atomic E-state index is 11.9. The van der Waals surface area contributed by atoms with E-state index in [9.17, 15) is 8.42 Å². The maximum atomic E-state index is 11.9. The maximum Gasteiger partial charge on any atom is 0.264 e. The number of rotatable bonds is 7. The van der Waals surface area contributed by atoms with Gasteiger partial charge in [0.05, 0.1) is 12.4 Å². The molecule has 1 aliphatic heterocycles. The summed E-state index contributed by atoms with van der Waals surface area (Å²) >= 11 is 0. The highest BCUT2D eigenvalue weighted by Gasteiger charge is 2.57. The summed E-state index contributed by atoms with van der Waals surface area (Å²) in [6.45, 7) is 10.9. The SMILES string of the molecule is CC1(C)O[C@@H]2[C@H](CO[Si](c3ccccc3)(c3ccccc3)C(C)(C)C)C[C@H](OS(C)(=O)=O)[C@@H]2O1. The van der Waals surface area contributed by atoms with Gasteiger partial charge in [0, 0.05) is 12.5 Å². The fraction of sp³-hybridized carbons (Fsp3) is 0.538. The molecule has 34 heavy (non-hydrogen) atoms. The smallest absolute Gasteiger partial charge is 0.264 e. The van der Waals surface area contributed by atoms with Gasteiger partial charge in [0.1, 0.15) is 12.2 Å². The van der Waals surface area contributed by atoms with Crippen molar-refractivity contribution in [1.29, 1.82) is 0 Å². The zero-order chi connectivity index (χ0) is 24.8.